The number of rotatable bonds is 6. The fourth-order valence-corrected chi connectivity index (χ4v) is 4.62. The third-order valence-electron chi connectivity index (χ3n) is 6.15. The Morgan fingerprint density at radius 3 is 2.97 bits per heavy atom. The summed E-state index contributed by atoms with van der Waals surface area (Å²) in [7, 11) is 0. The predicted octanol–water partition coefficient (Wildman–Crippen LogP) is 3.26. The summed E-state index contributed by atoms with van der Waals surface area (Å²) in [6, 6.07) is 8.71. The molecule has 3 heterocycles. The lowest BCUT2D eigenvalue weighted by atomic mass is 10.1. The van der Waals surface area contributed by atoms with E-state index in [0.29, 0.717) is 6.54 Å². The van der Waals surface area contributed by atoms with Gasteiger partial charge in [-0.2, -0.15) is 0 Å². The molecular weight excluding hydrogens is 364 g/mol. The van der Waals surface area contributed by atoms with E-state index in [-0.39, 0.29) is 0 Å². The number of benzene rings is 2. The van der Waals surface area contributed by atoms with Crippen LogP contribution in [-0.4, -0.2) is 32.7 Å². The highest BCUT2D eigenvalue weighted by molar-refractivity contribution is 5.70. The van der Waals surface area contributed by atoms with Crippen LogP contribution in [0.4, 0.5) is 11.4 Å². The Hall–Kier alpha value is -3.05. The highest BCUT2D eigenvalue weighted by Gasteiger charge is 2.25. The van der Waals surface area contributed by atoms with Crippen LogP contribution in [0.1, 0.15) is 30.9 Å². The van der Waals surface area contributed by atoms with Crippen molar-refractivity contribution in [3.8, 4) is 11.5 Å². The second kappa shape index (κ2) is 7.41. The van der Waals surface area contributed by atoms with E-state index in [1.807, 2.05) is 0 Å². The first-order valence-corrected chi connectivity index (χ1v) is 10.5. The number of likely N-dealkylation sites (N-methyl/N-ethyl adjacent to an activating group) is 1. The normalized spacial score (nSPS) is 15.6. The summed E-state index contributed by atoms with van der Waals surface area (Å²) in [4.78, 5) is 10.1. The van der Waals surface area contributed by atoms with Crippen molar-refractivity contribution in [2.75, 3.05) is 37.6 Å². The lowest BCUT2D eigenvalue weighted by Gasteiger charge is -2.20. The highest BCUT2D eigenvalue weighted by Crippen LogP contribution is 2.41. The van der Waals surface area contributed by atoms with Crippen LogP contribution in [0.25, 0.3) is 10.4 Å². The predicted molar refractivity (Wildman–Crippen MR) is 113 cm³/mol. The molecule has 0 aromatic heterocycles. The molecule has 0 amide bonds. The lowest BCUT2D eigenvalue weighted by molar-refractivity contribution is 0.468. The van der Waals surface area contributed by atoms with Crippen LogP contribution in [0, 0.1) is 0 Å². The van der Waals surface area contributed by atoms with E-state index >= 15 is 0 Å². The van der Waals surface area contributed by atoms with Crippen molar-refractivity contribution < 1.29 is 4.74 Å². The average molecular weight is 389 g/mol. The molecule has 2 aromatic rings. The number of anilines is 1. The number of ether oxygens (including phenoxy) is 1. The summed E-state index contributed by atoms with van der Waals surface area (Å²) in [5, 5.41) is 5.81. The van der Waals surface area contributed by atoms with E-state index in [2.05, 4.69) is 50.7 Å². The molecule has 0 spiro atoms. The number of hydrogen-bond acceptors (Lipinski definition) is 4. The van der Waals surface area contributed by atoms with Crippen LogP contribution in [0.2, 0.25) is 0 Å². The molecule has 5 rings (SSSR count). The van der Waals surface area contributed by atoms with Crippen molar-refractivity contribution in [3.05, 3.63) is 56.5 Å². The summed E-state index contributed by atoms with van der Waals surface area (Å²) in [5.74, 6) is 1.70. The molecular formula is C22H25N6O+. The van der Waals surface area contributed by atoms with Crippen LogP contribution >= 0.6 is 0 Å². The molecule has 3 aliphatic heterocycles. The molecule has 0 bridgehead atoms. The smallest absolute Gasteiger partial charge is 0.207 e. The molecule has 29 heavy (non-hydrogen) atoms. The SMILES string of the molecule is CCN1CCc2cc3c(cc21)Oc1cc2c(cc1=N3)CC[N+]=2CCCCN=[N+]=[N-]. The molecule has 0 fully saturated rings. The van der Waals surface area contributed by atoms with Crippen molar-refractivity contribution in [2.24, 2.45) is 10.1 Å². The Morgan fingerprint density at radius 1 is 1.17 bits per heavy atom. The molecule has 3 aliphatic rings. The minimum atomic E-state index is 0.569. The standard InChI is InChI=1S/C22H25N6O/c1-2-27-9-5-15-11-17-21(13-19(15)27)29-22-14-20-16(12-18(22)25-17)6-10-28(20)8-4-3-7-24-26-23/h11-14H,2-10H2,1H3/q+1. The van der Waals surface area contributed by atoms with E-state index in [0.717, 1.165) is 74.4 Å². The monoisotopic (exact) mass is 389 g/mol. The van der Waals surface area contributed by atoms with Crippen molar-refractivity contribution >= 4 is 11.4 Å². The lowest BCUT2D eigenvalue weighted by Crippen LogP contribution is -2.28. The molecule has 148 valence electrons. The zero-order valence-corrected chi connectivity index (χ0v) is 16.8. The quantitative estimate of drug-likeness (QED) is 0.213. The molecule has 0 atom stereocenters. The zero-order chi connectivity index (χ0) is 19.8. The van der Waals surface area contributed by atoms with Crippen LogP contribution in [0.15, 0.2) is 34.4 Å². The van der Waals surface area contributed by atoms with Gasteiger partial charge in [-0.05, 0) is 43.0 Å². The van der Waals surface area contributed by atoms with Crippen LogP contribution in [-0.2, 0) is 12.8 Å². The molecule has 7 nitrogen and oxygen atoms in total. The van der Waals surface area contributed by atoms with Gasteiger partial charge in [0.05, 0.1) is 6.07 Å². The highest BCUT2D eigenvalue weighted by atomic mass is 16.5. The Labute approximate surface area is 169 Å². The van der Waals surface area contributed by atoms with E-state index in [9.17, 15) is 0 Å². The first kappa shape index (κ1) is 18.0. The molecule has 7 heteroatoms. The van der Waals surface area contributed by atoms with Crippen molar-refractivity contribution in [3.63, 3.8) is 0 Å². The Morgan fingerprint density at radius 2 is 2.10 bits per heavy atom. The van der Waals surface area contributed by atoms with Crippen LogP contribution in [0.5, 0.6) is 11.5 Å². The number of hydrogen-bond donors (Lipinski definition) is 0. The molecule has 2 aromatic carbocycles. The van der Waals surface area contributed by atoms with E-state index in [1.165, 1.54) is 22.2 Å². The summed E-state index contributed by atoms with van der Waals surface area (Å²) in [6.45, 7) is 6.84. The second-order valence-electron chi connectivity index (χ2n) is 7.84. The van der Waals surface area contributed by atoms with E-state index < -0.39 is 0 Å². The molecule has 0 radical (unpaired) electrons. The largest absolute Gasteiger partial charge is 0.452 e. The maximum absolute atomic E-state index is 8.39. The van der Waals surface area contributed by atoms with Gasteiger partial charge in [0.25, 0.3) is 0 Å². The van der Waals surface area contributed by atoms with E-state index in [1.54, 1.807) is 0 Å². The van der Waals surface area contributed by atoms with Gasteiger partial charge in [0.2, 0.25) is 5.36 Å². The van der Waals surface area contributed by atoms with Gasteiger partial charge in [-0.15, -0.1) is 0 Å². The average Bonchev–Trinajstić information content (AvgIpc) is 3.31. The van der Waals surface area contributed by atoms with Gasteiger partial charge in [0.15, 0.2) is 11.5 Å². The van der Waals surface area contributed by atoms with Gasteiger partial charge in [0, 0.05) is 54.7 Å². The Balaban J connectivity index is 1.47. The minimum absolute atomic E-state index is 0.569. The van der Waals surface area contributed by atoms with E-state index in [4.69, 9.17) is 15.3 Å². The van der Waals surface area contributed by atoms with Crippen molar-refractivity contribution in [1.29, 1.82) is 0 Å². The third kappa shape index (κ3) is 3.21. The molecule has 0 saturated carbocycles. The maximum atomic E-state index is 8.39. The number of fused-ring (bicyclic) bond motifs is 4. The first-order valence-electron chi connectivity index (χ1n) is 10.5. The van der Waals surface area contributed by atoms with Crippen molar-refractivity contribution in [2.45, 2.75) is 32.6 Å². The summed E-state index contributed by atoms with van der Waals surface area (Å²) >= 11 is 0. The summed E-state index contributed by atoms with van der Waals surface area (Å²) < 4.78 is 8.73. The molecule has 0 aliphatic carbocycles. The van der Waals surface area contributed by atoms with Gasteiger partial charge < -0.3 is 9.64 Å². The topological polar surface area (TPSA) is 76.6 Å². The van der Waals surface area contributed by atoms with Gasteiger partial charge in [0.1, 0.15) is 24.1 Å². The summed E-state index contributed by atoms with van der Waals surface area (Å²) in [5.41, 5.74) is 13.3. The third-order valence-corrected chi connectivity index (χ3v) is 6.15. The van der Waals surface area contributed by atoms with Gasteiger partial charge >= 0.3 is 0 Å². The second-order valence-corrected chi connectivity index (χ2v) is 7.84. The molecule has 0 N–H and O–H groups in total. The van der Waals surface area contributed by atoms with Gasteiger partial charge in [-0.25, -0.2) is 9.57 Å². The summed E-state index contributed by atoms with van der Waals surface area (Å²) in [6.07, 6.45) is 4.05. The fraction of sp³-hybridized carbons (Fsp3) is 0.455. The van der Waals surface area contributed by atoms with Gasteiger partial charge in [-0.1, -0.05) is 5.11 Å². The fourth-order valence-electron chi connectivity index (χ4n) is 4.62. The molecule has 0 saturated heterocycles. The number of unbranched alkanes of at least 4 members (excludes halogenated alkanes) is 1. The number of azide groups is 1. The van der Waals surface area contributed by atoms with Crippen LogP contribution < -0.4 is 24.9 Å². The Bertz CT molecular complexity index is 1150. The van der Waals surface area contributed by atoms with Crippen LogP contribution in [0.3, 0.4) is 0 Å². The van der Waals surface area contributed by atoms with Crippen molar-refractivity contribution in [1.82, 2.24) is 4.58 Å². The first-order chi connectivity index (χ1) is 14.3. The molecule has 0 unspecified atom stereocenters. The van der Waals surface area contributed by atoms with Gasteiger partial charge in [-0.3, -0.25) is 0 Å². The Kier molecular flexibility index (Phi) is 4.60. The number of nitrogens with zero attached hydrogens (tertiary/aromatic N) is 6. The minimum Gasteiger partial charge on any atom is -0.452 e. The maximum Gasteiger partial charge on any atom is 0.207 e. The zero-order valence-electron chi connectivity index (χ0n) is 16.8.